The largest absolute Gasteiger partial charge is 0.493 e. The third-order valence-corrected chi connectivity index (χ3v) is 2.40. The second-order valence-electron chi connectivity index (χ2n) is 3.47. The highest BCUT2D eigenvalue weighted by Gasteiger charge is 2.22. The minimum absolute atomic E-state index is 0.212. The number of nitrogens with zero attached hydrogens (tertiary/aromatic N) is 3. The number of carbonyl (C=O) groups is 1. The molecule has 1 aromatic rings. The summed E-state index contributed by atoms with van der Waals surface area (Å²) in [5, 5.41) is 3.45. The van der Waals surface area contributed by atoms with Gasteiger partial charge in [0.05, 0.1) is 20.8 Å². The Morgan fingerprint density at radius 2 is 2.05 bits per heavy atom. The Labute approximate surface area is 110 Å². The van der Waals surface area contributed by atoms with Gasteiger partial charge in [-0.05, 0) is 30.2 Å². The number of rotatable bonds is 6. The Bertz CT molecular complexity index is 498. The lowest BCUT2D eigenvalue weighted by atomic mass is 10.1. The van der Waals surface area contributed by atoms with Crippen molar-refractivity contribution in [2.45, 2.75) is 13.0 Å². The average Bonchev–Trinajstić information content (AvgIpc) is 2.44. The SMILES string of the molecule is CCOC(=O)C(N=[N+]=[N-])c1ccc(OC)c(OC)c1. The van der Waals surface area contributed by atoms with Gasteiger partial charge in [-0.2, -0.15) is 0 Å². The van der Waals surface area contributed by atoms with E-state index in [0.29, 0.717) is 17.1 Å². The van der Waals surface area contributed by atoms with E-state index < -0.39 is 12.0 Å². The second kappa shape index (κ2) is 7.13. The summed E-state index contributed by atoms with van der Waals surface area (Å²) in [5.74, 6) is 0.366. The first-order chi connectivity index (χ1) is 9.17. The average molecular weight is 265 g/mol. The van der Waals surface area contributed by atoms with Gasteiger partial charge < -0.3 is 14.2 Å². The van der Waals surface area contributed by atoms with Crippen LogP contribution in [-0.4, -0.2) is 26.8 Å². The first-order valence-electron chi connectivity index (χ1n) is 5.60. The molecule has 0 saturated heterocycles. The van der Waals surface area contributed by atoms with Crippen LogP contribution in [0, 0.1) is 0 Å². The summed E-state index contributed by atoms with van der Waals surface area (Å²) in [6.07, 6.45) is 0. The molecule has 0 aliphatic rings. The fraction of sp³-hybridized carbons (Fsp3) is 0.417. The van der Waals surface area contributed by atoms with E-state index in [0.717, 1.165) is 0 Å². The summed E-state index contributed by atoms with van der Waals surface area (Å²) in [4.78, 5) is 14.4. The number of ether oxygens (including phenoxy) is 3. The summed E-state index contributed by atoms with van der Waals surface area (Å²) in [5.41, 5.74) is 9.02. The number of carbonyl (C=O) groups excluding carboxylic acids is 1. The highest BCUT2D eigenvalue weighted by Crippen LogP contribution is 2.31. The van der Waals surface area contributed by atoms with Crippen LogP contribution in [0.15, 0.2) is 23.3 Å². The molecule has 0 amide bonds. The zero-order chi connectivity index (χ0) is 14.3. The Morgan fingerprint density at radius 1 is 1.37 bits per heavy atom. The highest BCUT2D eigenvalue weighted by atomic mass is 16.5. The van der Waals surface area contributed by atoms with E-state index in [1.54, 1.807) is 25.1 Å². The maximum Gasteiger partial charge on any atom is 0.319 e. The minimum Gasteiger partial charge on any atom is -0.493 e. The van der Waals surface area contributed by atoms with Crippen molar-refractivity contribution in [2.75, 3.05) is 20.8 Å². The maximum absolute atomic E-state index is 11.7. The van der Waals surface area contributed by atoms with Gasteiger partial charge in [0.25, 0.3) is 0 Å². The summed E-state index contributed by atoms with van der Waals surface area (Å²) < 4.78 is 15.1. The van der Waals surface area contributed by atoms with Gasteiger partial charge in [0.2, 0.25) is 0 Å². The maximum atomic E-state index is 11.7. The Morgan fingerprint density at radius 3 is 2.58 bits per heavy atom. The summed E-state index contributed by atoms with van der Waals surface area (Å²) in [7, 11) is 2.99. The molecule has 7 nitrogen and oxygen atoms in total. The van der Waals surface area contributed by atoms with E-state index >= 15 is 0 Å². The molecule has 7 heteroatoms. The molecule has 0 radical (unpaired) electrons. The van der Waals surface area contributed by atoms with Gasteiger partial charge in [-0.15, -0.1) is 0 Å². The fourth-order valence-corrected chi connectivity index (χ4v) is 1.55. The van der Waals surface area contributed by atoms with Gasteiger partial charge in [0.15, 0.2) is 17.5 Å². The summed E-state index contributed by atoms with van der Waals surface area (Å²) >= 11 is 0. The van der Waals surface area contributed by atoms with Crippen LogP contribution in [-0.2, 0) is 9.53 Å². The van der Waals surface area contributed by atoms with E-state index in [1.165, 1.54) is 14.2 Å². The monoisotopic (exact) mass is 265 g/mol. The van der Waals surface area contributed by atoms with Crippen molar-refractivity contribution < 1.29 is 19.0 Å². The quantitative estimate of drug-likeness (QED) is 0.342. The van der Waals surface area contributed by atoms with Gasteiger partial charge in [0, 0.05) is 4.91 Å². The number of azide groups is 1. The molecular weight excluding hydrogens is 250 g/mol. The Kier molecular flexibility index (Phi) is 5.50. The van der Waals surface area contributed by atoms with Gasteiger partial charge in [-0.1, -0.05) is 11.2 Å². The van der Waals surface area contributed by atoms with Gasteiger partial charge in [0.1, 0.15) is 0 Å². The zero-order valence-corrected chi connectivity index (χ0v) is 11.0. The number of benzene rings is 1. The molecule has 102 valence electrons. The topological polar surface area (TPSA) is 93.5 Å². The van der Waals surface area contributed by atoms with Crippen molar-refractivity contribution >= 4 is 5.97 Å². The van der Waals surface area contributed by atoms with Crippen LogP contribution in [0.5, 0.6) is 11.5 Å². The molecule has 0 bridgehead atoms. The third-order valence-electron chi connectivity index (χ3n) is 2.40. The molecule has 0 aliphatic carbocycles. The molecular formula is C12H15N3O4. The molecule has 19 heavy (non-hydrogen) atoms. The molecule has 1 rings (SSSR count). The van der Waals surface area contributed by atoms with Crippen molar-refractivity contribution in [3.05, 3.63) is 34.2 Å². The molecule has 1 atom stereocenters. The second-order valence-corrected chi connectivity index (χ2v) is 3.47. The number of hydrogen-bond donors (Lipinski definition) is 0. The van der Waals surface area contributed by atoms with Crippen molar-refractivity contribution in [3.63, 3.8) is 0 Å². The predicted molar refractivity (Wildman–Crippen MR) is 68.1 cm³/mol. The van der Waals surface area contributed by atoms with E-state index in [2.05, 4.69) is 10.0 Å². The number of methoxy groups -OCH3 is 2. The molecule has 0 aliphatic heterocycles. The molecule has 0 fully saturated rings. The van der Waals surface area contributed by atoms with Crippen molar-refractivity contribution in [1.29, 1.82) is 0 Å². The van der Waals surface area contributed by atoms with Gasteiger partial charge in [-0.25, -0.2) is 0 Å². The van der Waals surface area contributed by atoms with Crippen LogP contribution in [0.3, 0.4) is 0 Å². The van der Waals surface area contributed by atoms with Crippen molar-refractivity contribution in [2.24, 2.45) is 5.11 Å². The van der Waals surface area contributed by atoms with Gasteiger partial charge >= 0.3 is 5.97 Å². The lowest BCUT2D eigenvalue weighted by Gasteiger charge is -2.13. The van der Waals surface area contributed by atoms with E-state index in [-0.39, 0.29) is 6.61 Å². The van der Waals surface area contributed by atoms with Crippen LogP contribution in [0.4, 0.5) is 0 Å². The van der Waals surface area contributed by atoms with E-state index in [1.807, 2.05) is 0 Å². The molecule has 0 spiro atoms. The number of esters is 1. The van der Waals surface area contributed by atoms with Gasteiger partial charge in [-0.3, -0.25) is 4.79 Å². The normalized spacial score (nSPS) is 11.1. The van der Waals surface area contributed by atoms with Crippen LogP contribution < -0.4 is 9.47 Å². The number of hydrogen-bond acceptors (Lipinski definition) is 5. The predicted octanol–water partition coefficient (Wildman–Crippen LogP) is 2.62. The lowest BCUT2D eigenvalue weighted by Crippen LogP contribution is -2.13. The van der Waals surface area contributed by atoms with Crippen LogP contribution in [0.1, 0.15) is 18.5 Å². The summed E-state index contributed by atoms with van der Waals surface area (Å²) in [6.45, 7) is 1.89. The minimum atomic E-state index is -1.04. The molecule has 1 unspecified atom stereocenters. The third kappa shape index (κ3) is 3.53. The van der Waals surface area contributed by atoms with Crippen molar-refractivity contribution in [3.8, 4) is 11.5 Å². The van der Waals surface area contributed by atoms with Crippen LogP contribution in [0.2, 0.25) is 0 Å². The lowest BCUT2D eigenvalue weighted by molar-refractivity contribution is -0.144. The molecule has 0 N–H and O–H groups in total. The molecule has 0 heterocycles. The Balaban J connectivity index is 3.16. The van der Waals surface area contributed by atoms with E-state index in [9.17, 15) is 4.79 Å². The first-order valence-corrected chi connectivity index (χ1v) is 5.60. The Hall–Kier alpha value is -2.40. The first kappa shape index (κ1) is 14.7. The van der Waals surface area contributed by atoms with Crippen molar-refractivity contribution in [1.82, 2.24) is 0 Å². The van der Waals surface area contributed by atoms with E-state index in [4.69, 9.17) is 19.7 Å². The molecule has 0 saturated carbocycles. The molecule has 0 aromatic heterocycles. The zero-order valence-electron chi connectivity index (χ0n) is 11.0. The fourth-order valence-electron chi connectivity index (χ4n) is 1.55. The van der Waals surface area contributed by atoms with Crippen LogP contribution >= 0.6 is 0 Å². The molecule has 1 aromatic carbocycles. The smallest absolute Gasteiger partial charge is 0.319 e. The van der Waals surface area contributed by atoms with Crippen LogP contribution in [0.25, 0.3) is 10.4 Å². The highest BCUT2D eigenvalue weighted by molar-refractivity contribution is 5.78. The standard InChI is InChI=1S/C12H15N3O4/c1-4-19-12(16)11(14-15-13)8-5-6-9(17-2)10(7-8)18-3/h5-7,11H,4H2,1-3H3. The summed E-state index contributed by atoms with van der Waals surface area (Å²) in [6, 6.07) is 3.80.